The van der Waals surface area contributed by atoms with Crippen LogP contribution in [-0.2, 0) is 4.79 Å². The first-order valence-electron chi connectivity index (χ1n) is 10.1. The SMILES string of the molecule is COc1ccc(N2CCN(CCCN3C(=O)C4C=CC=CC4=NC3=S)CC2)cc1. The van der Waals surface area contributed by atoms with E-state index in [9.17, 15) is 4.79 Å². The van der Waals surface area contributed by atoms with Crippen molar-refractivity contribution in [1.82, 2.24) is 9.80 Å². The zero-order valence-corrected chi connectivity index (χ0v) is 17.5. The Morgan fingerprint density at radius 1 is 1.10 bits per heavy atom. The van der Waals surface area contributed by atoms with E-state index >= 15 is 0 Å². The number of fused-ring (bicyclic) bond motifs is 1. The number of methoxy groups -OCH3 is 1. The fraction of sp³-hybridized carbons (Fsp3) is 0.409. The summed E-state index contributed by atoms with van der Waals surface area (Å²) in [4.78, 5) is 23.7. The molecule has 6 nitrogen and oxygen atoms in total. The third-order valence-electron chi connectivity index (χ3n) is 5.65. The van der Waals surface area contributed by atoms with Crippen molar-refractivity contribution in [3.8, 4) is 5.75 Å². The van der Waals surface area contributed by atoms with Gasteiger partial charge in [-0.2, -0.15) is 0 Å². The molecule has 3 aliphatic rings. The van der Waals surface area contributed by atoms with Crippen molar-refractivity contribution in [2.45, 2.75) is 6.42 Å². The lowest BCUT2D eigenvalue weighted by Gasteiger charge is -2.36. The van der Waals surface area contributed by atoms with Crippen LogP contribution in [0, 0.1) is 5.92 Å². The maximum atomic E-state index is 12.7. The normalized spacial score (nSPS) is 22.0. The largest absolute Gasteiger partial charge is 0.497 e. The lowest BCUT2D eigenvalue weighted by molar-refractivity contribution is -0.128. The number of thiocarbonyl (C=S) groups is 1. The number of carbonyl (C=O) groups is 1. The minimum Gasteiger partial charge on any atom is -0.497 e. The molecule has 0 saturated carbocycles. The number of carbonyl (C=O) groups excluding carboxylic acids is 1. The maximum absolute atomic E-state index is 12.7. The van der Waals surface area contributed by atoms with Gasteiger partial charge in [-0.3, -0.25) is 14.6 Å². The molecule has 2 aliphatic heterocycles. The highest BCUT2D eigenvalue weighted by molar-refractivity contribution is 7.80. The summed E-state index contributed by atoms with van der Waals surface area (Å²) in [5.41, 5.74) is 1.99. The summed E-state index contributed by atoms with van der Waals surface area (Å²) >= 11 is 5.36. The zero-order chi connectivity index (χ0) is 20.2. The number of benzene rings is 1. The minimum atomic E-state index is -0.278. The number of aliphatic imine (C=N–C) groups is 1. The molecule has 1 unspecified atom stereocenters. The van der Waals surface area contributed by atoms with Crippen molar-refractivity contribution in [1.29, 1.82) is 0 Å². The first-order valence-corrected chi connectivity index (χ1v) is 10.5. The molecule has 1 fully saturated rings. The molecule has 2 heterocycles. The predicted molar refractivity (Wildman–Crippen MR) is 120 cm³/mol. The van der Waals surface area contributed by atoms with Gasteiger partial charge in [0.25, 0.3) is 0 Å². The van der Waals surface area contributed by atoms with E-state index in [0.717, 1.165) is 50.6 Å². The van der Waals surface area contributed by atoms with E-state index < -0.39 is 0 Å². The van der Waals surface area contributed by atoms with Gasteiger partial charge < -0.3 is 9.64 Å². The lowest BCUT2D eigenvalue weighted by Crippen LogP contribution is -2.48. The van der Waals surface area contributed by atoms with E-state index in [1.807, 2.05) is 36.4 Å². The van der Waals surface area contributed by atoms with Crippen LogP contribution in [0.25, 0.3) is 0 Å². The highest BCUT2D eigenvalue weighted by Gasteiger charge is 2.33. The number of anilines is 1. The molecule has 1 aliphatic carbocycles. The number of rotatable bonds is 6. The van der Waals surface area contributed by atoms with Gasteiger partial charge in [-0.15, -0.1) is 0 Å². The molecule has 29 heavy (non-hydrogen) atoms. The molecule has 7 heteroatoms. The van der Waals surface area contributed by atoms with Crippen molar-refractivity contribution >= 4 is 34.6 Å². The van der Waals surface area contributed by atoms with Crippen LogP contribution in [0.1, 0.15) is 6.42 Å². The van der Waals surface area contributed by atoms with E-state index in [1.165, 1.54) is 5.69 Å². The van der Waals surface area contributed by atoms with Crippen LogP contribution >= 0.6 is 12.2 Å². The smallest absolute Gasteiger partial charge is 0.241 e. The Balaban J connectivity index is 1.24. The number of piperazine rings is 1. The van der Waals surface area contributed by atoms with Crippen molar-refractivity contribution < 1.29 is 9.53 Å². The number of allylic oxidation sites excluding steroid dienone is 3. The average molecular weight is 411 g/mol. The zero-order valence-electron chi connectivity index (χ0n) is 16.7. The lowest BCUT2D eigenvalue weighted by atomic mass is 9.95. The molecule has 1 amide bonds. The van der Waals surface area contributed by atoms with Crippen molar-refractivity contribution in [3.05, 3.63) is 48.6 Å². The second kappa shape index (κ2) is 8.88. The van der Waals surface area contributed by atoms with Gasteiger partial charge in [0, 0.05) is 38.4 Å². The first-order chi connectivity index (χ1) is 14.2. The molecule has 1 aromatic carbocycles. The molecule has 1 aromatic rings. The molecule has 4 rings (SSSR count). The van der Waals surface area contributed by atoms with Crippen LogP contribution in [0.5, 0.6) is 5.75 Å². The second-order valence-corrected chi connectivity index (χ2v) is 7.78. The first kappa shape index (κ1) is 19.8. The maximum Gasteiger partial charge on any atom is 0.241 e. The molecule has 1 saturated heterocycles. The summed E-state index contributed by atoms with van der Waals surface area (Å²) < 4.78 is 5.23. The Hall–Kier alpha value is -2.51. The highest BCUT2D eigenvalue weighted by atomic mass is 32.1. The molecule has 0 bridgehead atoms. The summed E-state index contributed by atoms with van der Waals surface area (Å²) in [7, 11) is 1.69. The topological polar surface area (TPSA) is 48.4 Å². The fourth-order valence-electron chi connectivity index (χ4n) is 3.96. The van der Waals surface area contributed by atoms with Crippen molar-refractivity contribution in [3.63, 3.8) is 0 Å². The van der Waals surface area contributed by atoms with Gasteiger partial charge in [-0.1, -0.05) is 18.2 Å². The summed E-state index contributed by atoms with van der Waals surface area (Å²) in [5, 5.41) is 0.394. The van der Waals surface area contributed by atoms with Crippen LogP contribution in [0.2, 0.25) is 0 Å². The fourth-order valence-corrected chi connectivity index (χ4v) is 4.25. The molecule has 0 radical (unpaired) electrons. The van der Waals surface area contributed by atoms with Crippen LogP contribution in [0.15, 0.2) is 53.6 Å². The van der Waals surface area contributed by atoms with Gasteiger partial charge >= 0.3 is 0 Å². The predicted octanol–water partition coefficient (Wildman–Crippen LogP) is 2.52. The van der Waals surface area contributed by atoms with Gasteiger partial charge in [-0.05, 0) is 55.5 Å². The van der Waals surface area contributed by atoms with E-state index in [-0.39, 0.29) is 11.8 Å². The van der Waals surface area contributed by atoms with Crippen LogP contribution in [0.3, 0.4) is 0 Å². The van der Waals surface area contributed by atoms with Gasteiger partial charge in [-0.25, -0.2) is 4.99 Å². The number of amides is 1. The van der Waals surface area contributed by atoms with Crippen molar-refractivity contribution in [2.24, 2.45) is 10.9 Å². The number of hydrogen-bond donors (Lipinski definition) is 0. The van der Waals surface area contributed by atoms with E-state index in [1.54, 1.807) is 12.0 Å². The Morgan fingerprint density at radius 2 is 1.86 bits per heavy atom. The summed E-state index contributed by atoms with van der Waals surface area (Å²) in [5.74, 6) is 0.651. The van der Waals surface area contributed by atoms with E-state index in [0.29, 0.717) is 11.7 Å². The molecular formula is C22H26N4O2S. The second-order valence-electron chi connectivity index (χ2n) is 7.41. The van der Waals surface area contributed by atoms with E-state index in [4.69, 9.17) is 17.0 Å². The highest BCUT2D eigenvalue weighted by Crippen LogP contribution is 2.22. The molecule has 0 N–H and O–H groups in total. The average Bonchev–Trinajstić information content (AvgIpc) is 2.76. The van der Waals surface area contributed by atoms with Gasteiger partial charge in [0.2, 0.25) is 11.0 Å². The summed E-state index contributed by atoms with van der Waals surface area (Å²) in [6, 6.07) is 8.24. The Morgan fingerprint density at radius 3 is 2.59 bits per heavy atom. The molecule has 152 valence electrons. The van der Waals surface area contributed by atoms with Crippen LogP contribution in [-0.4, -0.2) is 72.9 Å². The van der Waals surface area contributed by atoms with Gasteiger partial charge in [0.05, 0.1) is 18.7 Å². The number of hydrogen-bond acceptors (Lipinski definition) is 5. The number of ether oxygens (including phenoxy) is 1. The third-order valence-corrected chi connectivity index (χ3v) is 5.97. The molecule has 0 aromatic heterocycles. The summed E-state index contributed by atoms with van der Waals surface area (Å²) in [6.07, 6.45) is 8.46. The Kier molecular flexibility index (Phi) is 6.06. The Bertz CT molecular complexity index is 854. The van der Waals surface area contributed by atoms with Gasteiger partial charge in [0.15, 0.2) is 0 Å². The quantitative estimate of drug-likeness (QED) is 0.675. The Labute approximate surface area is 177 Å². The summed E-state index contributed by atoms with van der Waals surface area (Å²) in [6.45, 7) is 5.62. The van der Waals surface area contributed by atoms with E-state index in [2.05, 4.69) is 26.9 Å². The third kappa shape index (κ3) is 4.41. The molecule has 0 spiro atoms. The molecular weight excluding hydrogens is 384 g/mol. The standard InChI is InChI=1S/C22H26N4O2S/c1-28-18-9-7-17(8-10-18)25-15-13-24(14-16-25)11-4-12-26-21(27)19-5-2-3-6-20(19)23-22(26)29/h2-3,5-10,19H,4,11-16H2,1H3. The van der Waals surface area contributed by atoms with Gasteiger partial charge in [0.1, 0.15) is 5.75 Å². The number of nitrogens with zero attached hydrogens (tertiary/aromatic N) is 4. The van der Waals surface area contributed by atoms with Crippen molar-refractivity contribution in [2.75, 3.05) is 51.3 Å². The minimum absolute atomic E-state index is 0.0462. The van der Waals surface area contributed by atoms with Crippen LogP contribution < -0.4 is 9.64 Å². The monoisotopic (exact) mass is 410 g/mol. The molecule has 1 atom stereocenters. The van der Waals surface area contributed by atoms with Crippen LogP contribution in [0.4, 0.5) is 5.69 Å².